The highest BCUT2D eigenvalue weighted by Gasteiger charge is 2.35. The Kier molecular flexibility index (Phi) is 6.04. The van der Waals surface area contributed by atoms with Crippen LogP contribution in [0.3, 0.4) is 0 Å². The van der Waals surface area contributed by atoms with Gasteiger partial charge in [0.1, 0.15) is 0 Å². The molecule has 2 heterocycles. The Morgan fingerprint density at radius 3 is 2.54 bits per heavy atom. The molecule has 0 aromatic heterocycles. The van der Waals surface area contributed by atoms with E-state index in [0.717, 1.165) is 55.1 Å². The van der Waals surface area contributed by atoms with Gasteiger partial charge in [-0.25, -0.2) is 0 Å². The number of hydrogen-bond acceptors (Lipinski definition) is 3. The van der Waals surface area contributed by atoms with Crippen molar-refractivity contribution in [3.05, 3.63) is 33.8 Å². The van der Waals surface area contributed by atoms with Crippen LogP contribution >= 0.6 is 35.0 Å². The zero-order chi connectivity index (χ0) is 18.1. The number of benzene rings is 1. The summed E-state index contributed by atoms with van der Waals surface area (Å²) in [5, 5.41) is 2.33. The lowest BCUT2D eigenvalue weighted by atomic mass is 9.90. The molecule has 2 saturated heterocycles. The van der Waals surface area contributed by atoms with Gasteiger partial charge in [-0.15, -0.1) is 0 Å². The second kappa shape index (κ2) is 8.30. The summed E-state index contributed by atoms with van der Waals surface area (Å²) in [6.07, 6.45) is 6.02. The molecule has 6 heteroatoms. The van der Waals surface area contributed by atoms with E-state index in [-0.39, 0.29) is 0 Å². The topological polar surface area (TPSA) is 23.6 Å². The smallest absolute Gasteiger partial charge is 0.282 e. The molecule has 0 radical (unpaired) electrons. The molecule has 4 rings (SSSR count). The number of carbonyl (C=O) groups excluding carboxylic acids is 1. The lowest BCUT2D eigenvalue weighted by Gasteiger charge is -2.33. The van der Waals surface area contributed by atoms with Gasteiger partial charge >= 0.3 is 0 Å². The molecule has 1 amide bonds. The number of hydrogen-bond donors (Lipinski definition) is 0. The summed E-state index contributed by atoms with van der Waals surface area (Å²) in [7, 11) is 0. The Morgan fingerprint density at radius 2 is 1.81 bits per heavy atom. The van der Waals surface area contributed by atoms with Crippen LogP contribution in [0, 0.1) is 11.8 Å². The van der Waals surface area contributed by atoms with E-state index in [1.807, 2.05) is 18.2 Å². The van der Waals surface area contributed by atoms with E-state index in [2.05, 4.69) is 9.80 Å². The normalized spacial score (nSPS) is 25.2. The lowest BCUT2D eigenvalue weighted by molar-refractivity contribution is 0.179. The highest BCUT2D eigenvalue weighted by atomic mass is 35.5. The maximum absolute atomic E-state index is 12.2. The zero-order valence-electron chi connectivity index (χ0n) is 15.0. The van der Waals surface area contributed by atoms with Gasteiger partial charge in [0.15, 0.2) is 0 Å². The Bertz CT molecular complexity index is 659. The van der Waals surface area contributed by atoms with Crippen LogP contribution in [0.25, 0.3) is 0 Å². The fourth-order valence-electron chi connectivity index (χ4n) is 4.10. The first kappa shape index (κ1) is 18.9. The molecular weight excluding hydrogens is 387 g/mol. The minimum absolute atomic E-state index is 0.299. The SMILES string of the molecule is O=C1SC(CN2CCC(Cc3cc(Cl)ccc3Cl)CC2)CN1CC1CC1. The molecule has 2 aliphatic heterocycles. The molecule has 3 fully saturated rings. The van der Waals surface area contributed by atoms with Gasteiger partial charge in [-0.2, -0.15) is 0 Å². The second-order valence-corrected chi connectivity index (χ2v) is 10.1. The van der Waals surface area contributed by atoms with Gasteiger partial charge in [-0.1, -0.05) is 35.0 Å². The van der Waals surface area contributed by atoms with Crippen LogP contribution in [-0.2, 0) is 6.42 Å². The van der Waals surface area contributed by atoms with E-state index < -0.39 is 0 Å². The molecule has 1 saturated carbocycles. The Labute approximate surface area is 170 Å². The Morgan fingerprint density at radius 1 is 1.04 bits per heavy atom. The van der Waals surface area contributed by atoms with Crippen molar-refractivity contribution in [3.8, 4) is 0 Å². The van der Waals surface area contributed by atoms with Crippen molar-refractivity contribution in [3.63, 3.8) is 0 Å². The molecule has 3 aliphatic rings. The summed E-state index contributed by atoms with van der Waals surface area (Å²) in [6, 6.07) is 5.75. The third-order valence-electron chi connectivity index (χ3n) is 5.81. The van der Waals surface area contributed by atoms with Crippen LogP contribution in [0.4, 0.5) is 4.79 Å². The maximum atomic E-state index is 12.2. The summed E-state index contributed by atoms with van der Waals surface area (Å²) in [4.78, 5) is 16.8. The monoisotopic (exact) mass is 412 g/mol. The molecule has 1 aromatic carbocycles. The van der Waals surface area contributed by atoms with Crippen molar-refractivity contribution < 1.29 is 4.79 Å². The third kappa shape index (κ3) is 4.89. The molecule has 142 valence electrons. The molecule has 0 spiro atoms. The number of carbonyl (C=O) groups is 1. The van der Waals surface area contributed by atoms with E-state index in [9.17, 15) is 4.79 Å². The largest absolute Gasteiger partial charge is 0.332 e. The quantitative estimate of drug-likeness (QED) is 0.641. The van der Waals surface area contributed by atoms with Gasteiger partial charge in [0.05, 0.1) is 0 Å². The number of likely N-dealkylation sites (tertiary alicyclic amines) is 1. The van der Waals surface area contributed by atoms with Crippen LogP contribution in [0.2, 0.25) is 10.0 Å². The summed E-state index contributed by atoms with van der Waals surface area (Å²) < 4.78 is 0. The van der Waals surface area contributed by atoms with Gasteiger partial charge in [0.2, 0.25) is 0 Å². The fraction of sp³-hybridized carbons (Fsp3) is 0.650. The van der Waals surface area contributed by atoms with Crippen LogP contribution in [-0.4, -0.2) is 53.0 Å². The van der Waals surface area contributed by atoms with Crippen molar-refractivity contribution in [2.45, 2.75) is 37.4 Å². The van der Waals surface area contributed by atoms with E-state index in [1.165, 1.54) is 31.2 Å². The van der Waals surface area contributed by atoms with Gasteiger partial charge in [0.25, 0.3) is 5.24 Å². The van der Waals surface area contributed by atoms with Gasteiger partial charge in [0, 0.05) is 34.9 Å². The molecule has 26 heavy (non-hydrogen) atoms. The minimum atomic E-state index is 0.299. The predicted octanol–water partition coefficient (Wildman–Crippen LogP) is 5.20. The lowest BCUT2D eigenvalue weighted by Crippen LogP contribution is -2.39. The van der Waals surface area contributed by atoms with Gasteiger partial charge < -0.3 is 9.80 Å². The minimum Gasteiger partial charge on any atom is -0.332 e. The van der Waals surface area contributed by atoms with Crippen LogP contribution in [0.5, 0.6) is 0 Å². The van der Waals surface area contributed by atoms with E-state index in [1.54, 1.807) is 11.8 Å². The summed E-state index contributed by atoms with van der Waals surface area (Å²) in [6.45, 7) is 5.22. The third-order valence-corrected chi connectivity index (χ3v) is 7.51. The van der Waals surface area contributed by atoms with Crippen molar-refractivity contribution in [2.75, 3.05) is 32.7 Å². The Hall–Kier alpha value is -0.420. The van der Waals surface area contributed by atoms with E-state index in [0.29, 0.717) is 16.4 Å². The van der Waals surface area contributed by atoms with Gasteiger partial charge in [-0.05, 0) is 80.8 Å². The second-order valence-electron chi connectivity index (χ2n) is 8.04. The number of halogens is 2. The molecule has 0 bridgehead atoms. The summed E-state index contributed by atoms with van der Waals surface area (Å²) >= 11 is 14.0. The number of nitrogens with zero attached hydrogens (tertiary/aromatic N) is 2. The standard InChI is InChI=1S/C20H26Cl2N2OS/c21-17-3-4-19(22)16(10-17)9-14-5-7-23(8-6-14)12-18-13-24(20(25)26-18)11-15-1-2-15/h3-4,10,14-15,18H,1-2,5-9,11-13H2. The van der Waals surface area contributed by atoms with Crippen molar-refractivity contribution >= 4 is 40.2 Å². The first-order chi connectivity index (χ1) is 12.6. The molecule has 0 N–H and O–H groups in total. The van der Waals surface area contributed by atoms with E-state index in [4.69, 9.17) is 23.2 Å². The molecule has 1 aliphatic carbocycles. The predicted molar refractivity (Wildman–Crippen MR) is 110 cm³/mol. The first-order valence-corrected chi connectivity index (χ1v) is 11.3. The molecule has 3 nitrogen and oxygen atoms in total. The number of amides is 1. The highest BCUT2D eigenvalue weighted by Crippen LogP contribution is 2.35. The first-order valence-electron chi connectivity index (χ1n) is 9.68. The van der Waals surface area contributed by atoms with Crippen molar-refractivity contribution in [1.29, 1.82) is 0 Å². The molecule has 1 atom stereocenters. The molecular formula is C20H26Cl2N2OS. The van der Waals surface area contributed by atoms with E-state index >= 15 is 0 Å². The summed E-state index contributed by atoms with van der Waals surface area (Å²) in [5.74, 6) is 1.46. The van der Waals surface area contributed by atoms with Crippen LogP contribution in [0.1, 0.15) is 31.2 Å². The average molecular weight is 413 g/mol. The molecule has 1 unspecified atom stereocenters. The molecule has 1 aromatic rings. The van der Waals surface area contributed by atoms with Crippen molar-refractivity contribution in [1.82, 2.24) is 9.80 Å². The zero-order valence-corrected chi connectivity index (χ0v) is 17.3. The summed E-state index contributed by atoms with van der Waals surface area (Å²) in [5.41, 5.74) is 1.17. The van der Waals surface area contributed by atoms with Gasteiger partial charge in [-0.3, -0.25) is 4.79 Å². The fourth-order valence-corrected chi connectivity index (χ4v) is 5.62. The number of piperidine rings is 1. The van der Waals surface area contributed by atoms with Crippen LogP contribution in [0.15, 0.2) is 18.2 Å². The maximum Gasteiger partial charge on any atom is 0.282 e. The van der Waals surface area contributed by atoms with Crippen LogP contribution < -0.4 is 0 Å². The number of thioether (sulfide) groups is 1. The Balaban J connectivity index is 1.22. The highest BCUT2D eigenvalue weighted by molar-refractivity contribution is 8.14. The number of rotatable bonds is 6. The average Bonchev–Trinajstić information content (AvgIpc) is 3.36. The van der Waals surface area contributed by atoms with Crippen molar-refractivity contribution in [2.24, 2.45) is 11.8 Å².